The van der Waals surface area contributed by atoms with E-state index in [1.165, 1.54) is 23.5 Å². The number of carbonyl (C=O) groups excluding carboxylic acids is 1. The predicted molar refractivity (Wildman–Crippen MR) is 127 cm³/mol. The van der Waals surface area contributed by atoms with E-state index in [2.05, 4.69) is 60.9 Å². The zero-order valence-corrected chi connectivity index (χ0v) is 20.4. The lowest BCUT2D eigenvalue weighted by Gasteiger charge is -2.39. The van der Waals surface area contributed by atoms with Gasteiger partial charge in [-0.3, -0.25) is 4.79 Å². The van der Waals surface area contributed by atoms with Gasteiger partial charge in [-0.1, -0.05) is 51.1 Å². The van der Waals surface area contributed by atoms with Crippen LogP contribution in [0.5, 0.6) is 0 Å². The van der Waals surface area contributed by atoms with Crippen LogP contribution in [0.2, 0.25) is 0 Å². The molecule has 1 aliphatic heterocycles. The van der Waals surface area contributed by atoms with Crippen LogP contribution in [0.4, 0.5) is 5.13 Å². The molecule has 1 saturated heterocycles. The van der Waals surface area contributed by atoms with Crippen molar-refractivity contribution in [3.63, 3.8) is 0 Å². The number of carbonyl (C=O) groups is 1. The molecule has 0 radical (unpaired) electrons. The van der Waals surface area contributed by atoms with Crippen molar-refractivity contribution < 1.29 is 4.79 Å². The van der Waals surface area contributed by atoms with Gasteiger partial charge in [0, 0.05) is 49.5 Å². The molecule has 2 fully saturated rings. The second kappa shape index (κ2) is 8.53. The fraction of sp³-hybridized carbons (Fsp3) is 0.640. The number of fused-ring (bicyclic) bond motifs is 2. The third-order valence-electron chi connectivity index (χ3n) is 6.83. The molecule has 2 unspecified atom stereocenters. The van der Waals surface area contributed by atoms with E-state index in [0.29, 0.717) is 30.3 Å². The maximum absolute atomic E-state index is 13.2. The third kappa shape index (κ3) is 5.11. The summed E-state index contributed by atoms with van der Waals surface area (Å²) in [5.41, 5.74) is 1.83. The molecule has 1 amide bonds. The SMILES string of the molecule is CC(C)N(CCC(=O)N1CC2(C)CC1CC(C)(C)C2)c1nc(Cc2ccccc2)ns1. The Morgan fingerprint density at radius 2 is 1.97 bits per heavy atom. The van der Waals surface area contributed by atoms with E-state index in [0.717, 1.165) is 36.8 Å². The number of likely N-dealkylation sites (tertiary alicyclic amines) is 1. The predicted octanol–water partition coefficient (Wildman–Crippen LogP) is 5.16. The van der Waals surface area contributed by atoms with Crippen LogP contribution in [0.15, 0.2) is 30.3 Å². The maximum atomic E-state index is 13.2. The summed E-state index contributed by atoms with van der Waals surface area (Å²) in [7, 11) is 0. The molecular formula is C25H36N4OS. The van der Waals surface area contributed by atoms with Crippen molar-refractivity contribution in [2.75, 3.05) is 18.0 Å². The van der Waals surface area contributed by atoms with Crippen LogP contribution in [0.3, 0.4) is 0 Å². The van der Waals surface area contributed by atoms with E-state index >= 15 is 0 Å². The number of anilines is 1. The minimum Gasteiger partial charge on any atom is -0.344 e. The van der Waals surface area contributed by atoms with Crippen molar-refractivity contribution in [3.05, 3.63) is 41.7 Å². The second-order valence-corrected chi connectivity index (χ2v) is 11.7. The number of amides is 1. The topological polar surface area (TPSA) is 49.3 Å². The summed E-state index contributed by atoms with van der Waals surface area (Å²) in [6.45, 7) is 13.0. The average Bonchev–Trinajstić information content (AvgIpc) is 3.23. The lowest BCUT2D eigenvalue weighted by atomic mass is 9.65. The minimum absolute atomic E-state index is 0.277. The van der Waals surface area contributed by atoms with E-state index in [9.17, 15) is 4.79 Å². The van der Waals surface area contributed by atoms with E-state index in [1.54, 1.807) is 0 Å². The highest BCUT2D eigenvalue weighted by Crippen LogP contribution is 2.52. The molecular weight excluding hydrogens is 404 g/mol. The van der Waals surface area contributed by atoms with Crippen molar-refractivity contribution in [2.45, 2.75) is 78.8 Å². The lowest BCUT2D eigenvalue weighted by molar-refractivity contribution is -0.132. The van der Waals surface area contributed by atoms with Crippen LogP contribution in [0.1, 0.15) is 71.7 Å². The van der Waals surface area contributed by atoms with Crippen LogP contribution >= 0.6 is 11.5 Å². The van der Waals surface area contributed by atoms with E-state index in [4.69, 9.17) is 4.98 Å². The molecule has 2 aromatic rings. The molecule has 168 valence electrons. The van der Waals surface area contributed by atoms with Gasteiger partial charge in [-0.25, -0.2) is 4.98 Å². The molecule has 1 aliphatic carbocycles. The van der Waals surface area contributed by atoms with E-state index < -0.39 is 0 Å². The van der Waals surface area contributed by atoms with Gasteiger partial charge in [-0.15, -0.1) is 0 Å². The summed E-state index contributed by atoms with van der Waals surface area (Å²) in [6.07, 6.45) is 4.79. The number of hydrogen-bond donors (Lipinski definition) is 0. The van der Waals surface area contributed by atoms with Gasteiger partial charge < -0.3 is 9.80 Å². The van der Waals surface area contributed by atoms with Crippen molar-refractivity contribution in [1.29, 1.82) is 0 Å². The molecule has 5 nitrogen and oxygen atoms in total. The number of aromatic nitrogens is 2. The molecule has 2 aliphatic rings. The fourth-order valence-electron chi connectivity index (χ4n) is 5.90. The van der Waals surface area contributed by atoms with Crippen LogP contribution in [-0.4, -0.2) is 45.3 Å². The molecule has 1 aromatic heterocycles. The van der Waals surface area contributed by atoms with Gasteiger partial charge in [0.05, 0.1) is 0 Å². The Morgan fingerprint density at radius 1 is 1.23 bits per heavy atom. The molecule has 2 atom stereocenters. The van der Waals surface area contributed by atoms with Gasteiger partial charge in [0.25, 0.3) is 0 Å². The first-order chi connectivity index (χ1) is 14.6. The van der Waals surface area contributed by atoms with Crippen molar-refractivity contribution in [3.8, 4) is 0 Å². The van der Waals surface area contributed by atoms with Gasteiger partial charge in [-0.2, -0.15) is 4.37 Å². The molecule has 4 rings (SSSR count). The van der Waals surface area contributed by atoms with Gasteiger partial charge in [0.2, 0.25) is 11.0 Å². The molecule has 6 heteroatoms. The van der Waals surface area contributed by atoms with Gasteiger partial charge >= 0.3 is 0 Å². The van der Waals surface area contributed by atoms with Crippen LogP contribution in [-0.2, 0) is 11.2 Å². The van der Waals surface area contributed by atoms with Crippen LogP contribution in [0.25, 0.3) is 0 Å². The summed E-state index contributed by atoms with van der Waals surface area (Å²) in [5, 5.41) is 0.919. The highest BCUT2D eigenvalue weighted by atomic mass is 32.1. The molecule has 0 spiro atoms. The van der Waals surface area contributed by atoms with E-state index in [1.807, 2.05) is 18.2 Å². The maximum Gasteiger partial charge on any atom is 0.224 e. The highest BCUT2D eigenvalue weighted by molar-refractivity contribution is 7.09. The number of nitrogens with zero attached hydrogens (tertiary/aromatic N) is 4. The Bertz CT molecular complexity index is 909. The summed E-state index contributed by atoms with van der Waals surface area (Å²) in [5.74, 6) is 1.15. The number of hydrogen-bond acceptors (Lipinski definition) is 5. The van der Waals surface area contributed by atoms with Gasteiger partial charge in [-0.05, 0) is 49.5 Å². The molecule has 31 heavy (non-hydrogen) atoms. The number of rotatable bonds is 7. The molecule has 0 N–H and O–H groups in total. The smallest absolute Gasteiger partial charge is 0.224 e. The summed E-state index contributed by atoms with van der Waals surface area (Å²) >= 11 is 1.44. The first kappa shape index (κ1) is 22.3. The molecule has 2 bridgehead atoms. The van der Waals surface area contributed by atoms with E-state index in [-0.39, 0.29) is 11.5 Å². The Labute approximate surface area is 191 Å². The molecule has 2 heterocycles. The summed E-state index contributed by atoms with van der Waals surface area (Å²) < 4.78 is 4.58. The van der Waals surface area contributed by atoms with Crippen LogP contribution in [0, 0.1) is 10.8 Å². The van der Waals surface area contributed by atoms with Crippen molar-refractivity contribution >= 4 is 22.6 Å². The molecule has 1 aromatic carbocycles. The monoisotopic (exact) mass is 440 g/mol. The normalized spacial score (nSPS) is 24.6. The fourth-order valence-corrected chi connectivity index (χ4v) is 6.74. The van der Waals surface area contributed by atoms with Crippen molar-refractivity contribution in [1.82, 2.24) is 14.3 Å². The Morgan fingerprint density at radius 3 is 2.68 bits per heavy atom. The first-order valence-electron chi connectivity index (χ1n) is 11.6. The van der Waals surface area contributed by atoms with Crippen molar-refractivity contribution in [2.24, 2.45) is 10.8 Å². The average molecular weight is 441 g/mol. The lowest BCUT2D eigenvalue weighted by Crippen LogP contribution is -2.40. The Balaban J connectivity index is 1.39. The standard InChI is InChI=1S/C25H36N4OS/c1-18(2)28(23-26-21(27-31-23)13-19-9-7-6-8-10-19)12-11-22(30)29-17-25(5)15-20(29)14-24(3,4)16-25/h6-10,18,20H,11-17H2,1-5H3. The highest BCUT2D eigenvalue weighted by Gasteiger charge is 2.50. The minimum atomic E-state index is 0.277. The number of benzene rings is 1. The molecule has 1 saturated carbocycles. The third-order valence-corrected chi connectivity index (χ3v) is 7.62. The largest absolute Gasteiger partial charge is 0.344 e. The zero-order valence-electron chi connectivity index (χ0n) is 19.6. The summed E-state index contributed by atoms with van der Waals surface area (Å²) in [4.78, 5) is 22.4. The summed E-state index contributed by atoms with van der Waals surface area (Å²) in [6, 6.07) is 11.0. The Hall–Kier alpha value is -1.95. The van der Waals surface area contributed by atoms with Gasteiger partial charge in [0.15, 0.2) is 0 Å². The zero-order chi connectivity index (χ0) is 22.2. The van der Waals surface area contributed by atoms with Gasteiger partial charge in [0.1, 0.15) is 5.82 Å². The Kier molecular flexibility index (Phi) is 6.12. The quantitative estimate of drug-likeness (QED) is 0.597. The second-order valence-electron chi connectivity index (χ2n) is 10.9. The first-order valence-corrected chi connectivity index (χ1v) is 12.3. The van der Waals surface area contributed by atoms with Crippen LogP contribution < -0.4 is 4.90 Å².